The zero-order valence-corrected chi connectivity index (χ0v) is 14.4. The minimum absolute atomic E-state index is 0.118. The maximum Gasteiger partial charge on any atom is 0.222 e. The topological polar surface area (TPSA) is 78.7 Å². The van der Waals surface area contributed by atoms with Gasteiger partial charge in [-0.3, -0.25) is 14.9 Å². The molecule has 25 heavy (non-hydrogen) atoms. The summed E-state index contributed by atoms with van der Waals surface area (Å²) in [6.07, 6.45) is -0.118. The summed E-state index contributed by atoms with van der Waals surface area (Å²) in [5, 5.41) is 10.3. The first-order valence-corrected chi connectivity index (χ1v) is 8.02. The number of benzene rings is 2. The molecule has 0 saturated heterocycles. The van der Waals surface area contributed by atoms with E-state index in [4.69, 9.17) is 21.1 Å². The van der Waals surface area contributed by atoms with Gasteiger partial charge in [0.1, 0.15) is 6.61 Å². The van der Waals surface area contributed by atoms with Crippen molar-refractivity contribution in [3.05, 3.63) is 69.8 Å². The standard InChI is InChI=1S/C18H18ClNO5/c1-24-16-8-7-14(15(10-18(19)21)11-20(22)23)9-17(16)25-12-13-5-3-2-4-6-13/h2-9,15H,10-12H2,1H3. The maximum atomic E-state index is 11.2. The highest BCUT2D eigenvalue weighted by Gasteiger charge is 2.22. The fraction of sp³-hybridized carbons (Fsp3) is 0.278. The lowest BCUT2D eigenvalue weighted by molar-refractivity contribution is -0.483. The zero-order valence-electron chi connectivity index (χ0n) is 13.7. The van der Waals surface area contributed by atoms with Crippen molar-refractivity contribution in [3.63, 3.8) is 0 Å². The Hall–Kier alpha value is -2.60. The third-order valence-electron chi connectivity index (χ3n) is 3.67. The van der Waals surface area contributed by atoms with E-state index in [0.717, 1.165) is 5.56 Å². The number of halogens is 1. The quantitative estimate of drug-likeness (QED) is 0.385. The molecule has 7 heteroatoms. The Morgan fingerprint density at radius 3 is 2.52 bits per heavy atom. The Kier molecular flexibility index (Phi) is 6.77. The molecule has 0 fully saturated rings. The summed E-state index contributed by atoms with van der Waals surface area (Å²) >= 11 is 5.43. The van der Waals surface area contributed by atoms with E-state index in [9.17, 15) is 14.9 Å². The highest BCUT2D eigenvalue weighted by atomic mass is 35.5. The van der Waals surface area contributed by atoms with E-state index < -0.39 is 16.1 Å². The van der Waals surface area contributed by atoms with Crippen LogP contribution >= 0.6 is 11.6 Å². The van der Waals surface area contributed by atoms with Gasteiger partial charge in [0.25, 0.3) is 0 Å². The number of hydrogen-bond donors (Lipinski definition) is 0. The summed E-state index contributed by atoms with van der Waals surface area (Å²) in [6, 6.07) is 14.6. The number of nitro groups is 1. The molecule has 2 aromatic rings. The predicted octanol–water partition coefficient (Wildman–Crippen LogP) is 3.79. The number of methoxy groups -OCH3 is 1. The van der Waals surface area contributed by atoms with E-state index in [1.54, 1.807) is 18.2 Å². The van der Waals surface area contributed by atoms with Gasteiger partial charge in [-0.1, -0.05) is 36.4 Å². The molecular formula is C18H18ClNO5. The Morgan fingerprint density at radius 1 is 1.20 bits per heavy atom. The molecule has 0 bridgehead atoms. The van der Waals surface area contributed by atoms with E-state index in [0.29, 0.717) is 23.7 Å². The van der Waals surface area contributed by atoms with Gasteiger partial charge in [-0.25, -0.2) is 0 Å². The molecule has 0 amide bonds. The lowest BCUT2D eigenvalue weighted by Gasteiger charge is -2.16. The second-order valence-electron chi connectivity index (χ2n) is 5.46. The number of carbonyl (C=O) groups excluding carboxylic acids is 1. The average molecular weight is 364 g/mol. The number of nitrogens with zero attached hydrogens (tertiary/aromatic N) is 1. The Bertz CT molecular complexity index is 720. The molecule has 1 unspecified atom stereocenters. The van der Waals surface area contributed by atoms with E-state index in [1.165, 1.54) is 7.11 Å². The van der Waals surface area contributed by atoms with Gasteiger partial charge in [0, 0.05) is 11.3 Å². The number of hydrogen-bond acceptors (Lipinski definition) is 5. The SMILES string of the molecule is COc1ccc(C(CC(=O)Cl)C[N+](=O)[O-])cc1OCc1ccccc1. The van der Waals surface area contributed by atoms with Crippen LogP contribution in [0.4, 0.5) is 0 Å². The molecule has 0 radical (unpaired) electrons. The maximum absolute atomic E-state index is 11.2. The monoisotopic (exact) mass is 363 g/mol. The van der Waals surface area contributed by atoms with Gasteiger partial charge in [-0.05, 0) is 34.9 Å². The Morgan fingerprint density at radius 2 is 1.92 bits per heavy atom. The van der Waals surface area contributed by atoms with Crippen LogP contribution in [0.25, 0.3) is 0 Å². The predicted molar refractivity (Wildman–Crippen MR) is 93.8 cm³/mol. The lowest BCUT2D eigenvalue weighted by Crippen LogP contribution is -2.15. The van der Waals surface area contributed by atoms with Crippen molar-refractivity contribution in [1.29, 1.82) is 0 Å². The molecule has 0 aliphatic heterocycles. The van der Waals surface area contributed by atoms with Crippen LogP contribution < -0.4 is 9.47 Å². The minimum Gasteiger partial charge on any atom is -0.493 e. The van der Waals surface area contributed by atoms with Gasteiger partial charge < -0.3 is 9.47 Å². The number of rotatable bonds is 9. The van der Waals surface area contributed by atoms with E-state index in [-0.39, 0.29) is 13.0 Å². The summed E-state index contributed by atoms with van der Waals surface area (Å²) in [4.78, 5) is 21.6. The van der Waals surface area contributed by atoms with Gasteiger partial charge in [0.05, 0.1) is 13.0 Å². The normalized spacial score (nSPS) is 11.6. The summed E-state index contributed by atoms with van der Waals surface area (Å²) < 4.78 is 11.1. The van der Waals surface area contributed by atoms with Gasteiger partial charge in [-0.2, -0.15) is 0 Å². The second-order valence-corrected chi connectivity index (χ2v) is 5.88. The number of ether oxygens (including phenoxy) is 2. The van der Waals surface area contributed by atoms with Crippen LogP contribution in [0.1, 0.15) is 23.5 Å². The van der Waals surface area contributed by atoms with Crippen LogP contribution in [0.15, 0.2) is 48.5 Å². The highest BCUT2D eigenvalue weighted by molar-refractivity contribution is 6.63. The summed E-state index contributed by atoms with van der Waals surface area (Å²) in [6.45, 7) is -0.0576. The van der Waals surface area contributed by atoms with E-state index >= 15 is 0 Å². The first kappa shape index (κ1) is 18.7. The summed E-state index contributed by atoms with van der Waals surface area (Å²) in [5.74, 6) is 0.348. The third kappa shape index (κ3) is 5.76. The highest BCUT2D eigenvalue weighted by Crippen LogP contribution is 2.33. The molecule has 132 valence electrons. The van der Waals surface area contributed by atoms with Crippen molar-refractivity contribution in [2.45, 2.75) is 18.9 Å². The van der Waals surface area contributed by atoms with Crippen molar-refractivity contribution < 1.29 is 19.2 Å². The molecule has 0 spiro atoms. The molecule has 0 aromatic heterocycles. The Balaban J connectivity index is 2.24. The van der Waals surface area contributed by atoms with Crippen molar-refractivity contribution >= 4 is 16.8 Å². The molecule has 2 rings (SSSR count). The van der Waals surface area contributed by atoms with Crippen molar-refractivity contribution in [2.75, 3.05) is 13.7 Å². The Labute approximate surface area is 150 Å². The van der Waals surface area contributed by atoms with E-state index in [1.807, 2.05) is 30.3 Å². The molecule has 0 aliphatic rings. The largest absolute Gasteiger partial charge is 0.493 e. The summed E-state index contributed by atoms with van der Waals surface area (Å²) in [7, 11) is 1.52. The van der Waals surface area contributed by atoms with Crippen LogP contribution in [0.3, 0.4) is 0 Å². The van der Waals surface area contributed by atoms with Gasteiger partial charge in [-0.15, -0.1) is 0 Å². The summed E-state index contributed by atoms with van der Waals surface area (Å²) in [5.41, 5.74) is 1.59. The van der Waals surface area contributed by atoms with Crippen molar-refractivity contribution in [1.82, 2.24) is 0 Å². The minimum atomic E-state index is -0.620. The average Bonchev–Trinajstić information content (AvgIpc) is 2.59. The molecule has 0 aliphatic carbocycles. The third-order valence-corrected chi connectivity index (χ3v) is 3.83. The first-order chi connectivity index (χ1) is 12.0. The molecule has 6 nitrogen and oxygen atoms in total. The van der Waals surface area contributed by atoms with Gasteiger partial charge >= 0.3 is 0 Å². The molecule has 0 heterocycles. The van der Waals surface area contributed by atoms with Crippen LogP contribution in [0.5, 0.6) is 11.5 Å². The number of carbonyl (C=O) groups is 1. The molecule has 0 saturated carbocycles. The lowest BCUT2D eigenvalue weighted by atomic mass is 9.96. The zero-order chi connectivity index (χ0) is 18.2. The fourth-order valence-electron chi connectivity index (χ4n) is 2.46. The smallest absolute Gasteiger partial charge is 0.222 e. The van der Waals surface area contributed by atoms with Crippen LogP contribution in [0.2, 0.25) is 0 Å². The van der Waals surface area contributed by atoms with Crippen molar-refractivity contribution in [3.8, 4) is 11.5 Å². The molecule has 0 N–H and O–H groups in total. The van der Waals surface area contributed by atoms with Crippen molar-refractivity contribution in [2.24, 2.45) is 0 Å². The fourth-order valence-corrected chi connectivity index (χ4v) is 2.64. The molecule has 2 aromatic carbocycles. The van der Waals surface area contributed by atoms with Crippen LogP contribution in [-0.2, 0) is 11.4 Å². The second kappa shape index (κ2) is 9.03. The molecule has 1 atom stereocenters. The van der Waals surface area contributed by atoms with E-state index in [2.05, 4.69) is 0 Å². The first-order valence-electron chi connectivity index (χ1n) is 7.64. The van der Waals surface area contributed by atoms with Crippen LogP contribution in [0, 0.1) is 10.1 Å². The van der Waals surface area contributed by atoms with Crippen LogP contribution in [-0.4, -0.2) is 23.8 Å². The van der Waals surface area contributed by atoms with Gasteiger partial charge in [0.2, 0.25) is 11.8 Å². The van der Waals surface area contributed by atoms with Gasteiger partial charge in [0.15, 0.2) is 11.5 Å². The molecular weight excluding hydrogens is 346 g/mol.